The maximum absolute atomic E-state index is 12.2. The summed E-state index contributed by atoms with van der Waals surface area (Å²) < 4.78 is 36.7. The largest absolute Gasteiger partial charge is 0.471 e. The summed E-state index contributed by atoms with van der Waals surface area (Å²) in [5.41, 5.74) is 2.05. The fourth-order valence-electron chi connectivity index (χ4n) is 2.71. The molecule has 1 fully saturated rings. The van der Waals surface area contributed by atoms with Gasteiger partial charge in [0.1, 0.15) is 0 Å². The van der Waals surface area contributed by atoms with Crippen molar-refractivity contribution in [3.05, 3.63) is 23.8 Å². The standard InChI is InChI=1S/C15H19F3N2O/c1-10-9-12(19-14(21)15(16,17)18)6-7-13(10)20-8-4-3-5-11(20)2/h6-7,9,11H,3-5,8H2,1-2H3,(H,19,21). The fraction of sp³-hybridized carbons (Fsp3) is 0.533. The van der Waals surface area contributed by atoms with Crippen LogP contribution < -0.4 is 10.2 Å². The number of benzene rings is 1. The zero-order chi connectivity index (χ0) is 15.6. The van der Waals surface area contributed by atoms with Gasteiger partial charge in [0.2, 0.25) is 0 Å². The first-order valence-electron chi connectivity index (χ1n) is 7.04. The van der Waals surface area contributed by atoms with Crippen LogP contribution in [0.15, 0.2) is 18.2 Å². The lowest BCUT2D eigenvalue weighted by Crippen LogP contribution is -2.37. The minimum absolute atomic E-state index is 0.170. The number of rotatable bonds is 2. The van der Waals surface area contributed by atoms with Crippen LogP contribution in [-0.2, 0) is 4.79 Å². The lowest BCUT2D eigenvalue weighted by molar-refractivity contribution is -0.167. The smallest absolute Gasteiger partial charge is 0.369 e. The van der Waals surface area contributed by atoms with Crippen molar-refractivity contribution in [1.82, 2.24) is 0 Å². The summed E-state index contributed by atoms with van der Waals surface area (Å²) in [4.78, 5) is 13.2. The number of halogens is 3. The molecular formula is C15H19F3N2O. The second-order valence-electron chi connectivity index (χ2n) is 5.49. The molecule has 116 valence electrons. The number of alkyl halides is 3. The summed E-state index contributed by atoms with van der Waals surface area (Å²) in [6, 6.07) is 5.31. The van der Waals surface area contributed by atoms with Crippen LogP contribution in [0.5, 0.6) is 0 Å². The molecule has 3 nitrogen and oxygen atoms in total. The van der Waals surface area contributed by atoms with E-state index in [1.807, 2.05) is 12.2 Å². The van der Waals surface area contributed by atoms with E-state index in [9.17, 15) is 18.0 Å². The lowest BCUT2D eigenvalue weighted by Gasteiger charge is -2.36. The maximum Gasteiger partial charge on any atom is 0.471 e. The number of nitrogens with one attached hydrogen (secondary N) is 1. The third-order valence-electron chi connectivity index (χ3n) is 3.82. The Balaban J connectivity index is 2.16. The number of amides is 1. The van der Waals surface area contributed by atoms with Crippen LogP contribution in [-0.4, -0.2) is 24.7 Å². The zero-order valence-electron chi connectivity index (χ0n) is 12.1. The van der Waals surface area contributed by atoms with E-state index in [0.29, 0.717) is 6.04 Å². The summed E-state index contributed by atoms with van der Waals surface area (Å²) in [6.45, 7) is 4.95. The van der Waals surface area contributed by atoms with E-state index >= 15 is 0 Å². The van der Waals surface area contributed by atoms with Gasteiger partial charge in [-0.1, -0.05) is 0 Å². The van der Waals surface area contributed by atoms with Crippen molar-refractivity contribution in [1.29, 1.82) is 0 Å². The predicted molar refractivity (Wildman–Crippen MR) is 76.5 cm³/mol. The van der Waals surface area contributed by atoms with E-state index in [4.69, 9.17) is 0 Å². The number of nitrogens with zero attached hydrogens (tertiary/aromatic N) is 1. The van der Waals surface area contributed by atoms with Crippen molar-refractivity contribution < 1.29 is 18.0 Å². The number of hydrogen-bond acceptors (Lipinski definition) is 2. The first kappa shape index (κ1) is 15.7. The Morgan fingerprint density at radius 3 is 2.62 bits per heavy atom. The molecule has 21 heavy (non-hydrogen) atoms. The quantitative estimate of drug-likeness (QED) is 0.899. The van der Waals surface area contributed by atoms with Gasteiger partial charge in [0.15, 0.2) is 0 Å². The second kappa shape index (κ2) is 5.95. The molecule has 0 spiro atoms. The van der Waals surface area contributed by atoms with Gasteiger partial charge in [0, 0.05) is 24.0 Å². The SMILES string of the molecule is Cc1cc(NC(=O)C(F)(F)F)ccc1N1CCCCC1C. The van der Waals surface area contributed by atoms with Crippen molar-refractivity contribution in [3.8, 4) is 0 Å². The van der Waals surface area contributed by atoms with Crippen LogP contribution in [0.2, 0.25) is 0 Å². The molecule has 6 heteroatoms. The molecule has 1 aliphatic rings. The number of aryl methyl sites for hydroxylation is 1. The molecule has 1 saturated heterocycles. The Hall–Kier alpha value is -1.72. The lowest BCUT2D eigenvalue weighted by atomic mass is 10.0. The highest BCUT2D eigenvalue weighted by atomic mass is 19.4. The van der Waals surface area contributed by atoms with E-state index in [0.717, 1.165) is 30.6 Å². The molecule has 0 bridgehead atoms. The number of carbonyl (C=O) groups is 1. The van der Waals surface area contributed by atoms with Gasteiger partial charge in [-0.2, -0.15) is 13.2 Å². The van der Waals surface area contributed by atoms with Gasteiger partial charge in [-0.15, -0.1) is 0 Å². The van der Waals surface area contributed by atoms with E-state index in [2.05, 4.69) is 11.8 Å². The summed E-state index contributed by atoms with van der Waals surface area (Å²) in [6.07, 6.45) is -1.42. The molecule has 1 aliphatic heterocycles. The Labute approximate surface area is 122 Å². The Morgan fingerprint density at radius 1 is 1.33 bits per heavy atom. The van der Waals surface area contributed by atoms with Crippen molar-refractivity contribution in [2.75, 3.05) is 16.8 Å². The topological polar surface area (TPSA) is 32.3 Å². The molecule has 2 rings (SSSR count). The second-order valence-corrected chi connectivity index (χ2v) is 5.49. The van der Waals surface area contributed by atoms with Gasteiger partial charge in [0.25, 0.3) is 0 Å². The highest BCUT2D eigenvalue weighted by Gasteiger charge is 2.38. The van der Waals surface area contributed by atoms with Crippen LogP contribution in [0.1, 0.15) is 31.7 Å². The number of hydrogen-bond donors (Lipinski definition) is 1. The molecule has 1 aromatic carbocycles. The fourth-order valence-corrected chi connectivity index (χ4v) is 2.71. The van der Waals surface area contributed by atoms with Crippen LogP contribution in [0.25, 0.3) is 0 Å². The predicted octanol–water partition coefficient (Wildman–Crippen LogP) is 3.87. The average molecular weight is 300 g/mol. The van der Waals surface area contributed by atoms with Crippen LogP contribution >= 0.6 is 0 Å². The van der Waals surface area contributed by atoms with Gasteiger partial charge < -0.3 is 10.2 Å². The zero-order valence-corrected chi connectivity index (χ0v) is 12.1. The van der Waals surface area contributed by atoms with Gasteiger partial charge in [-0.25, -0.2) is 0 Å². The van der Waals surface area contributed by atoms with E-state index < -0.39 is 12.1 Å². The van der Waals surface area contributed by atoms with Crippen LogP contribution in [0.4, 0.5) is 24.5 Å². The first-order valence-corrected chi connectivity index (χ1v) is 7.04. The highest BCUT2D eigenvalue weighted by Crippen LogP contribution is 2.30. The Morgan fingerprint density at radius 2 is 2.05 bits per heavy atom. The Kier molecular flexibility index (Phi) is 4.44. The highest BCUT2D eigenvalue weighted by molar-refractivity contribution is 5.95. The van der Waals surface area contributed by atoms with Crippen LogP contribution in [0.3, 0.4) is 0 Å². The van der Waals surface area contributed by atoms with Gasteiger partial charge in [0.05, 0.1) is 0 Å². The Bertz CT molecular complexity index is 528. The number of carbonyl (C=O) groups excluding carboxylic acids is 1. The third-order valence-corrected chi connectivity index (χ3v) is 3.82. The molecule has 1 unspecified atom stereocenters. The summed E-state index contributed by atoms with van der Waals surface area (Å²) in [7, 11) is 0. The average Bonchev–Trinajstić information content (AvgIpc) is 2.39. The van der Waals surface area contributed by atoms with Crippen molar-refractivity contribution >= 4 is 17.3 Å². The van der Waals surface area contributed by atoms with Crippen LogP contribution in [0, 0.1) is 6.92 Å². The molecular weight excluding hydrogens is 281 g/mol. The molecule has 0 radical (unpaired) electrons. The summed E-state index contributed by atoms with van der Waals surface area (Å²) in [5.74, 6) is -1.94. The molecule has 1 heterocycles. The maximum atomic E-state index is 12.2. The third kappa shape index (κ3) is 3.68. The van der Waals surface area contributed by atoms with Crippen molar-refractivity contribution in [2.24, 2.45) is 0 Å². The van der Waals surface area contributed by atoms with Crippen molar-refractivity contribution in [2.45, 2.75) is 45.3 Å². The molecule has 1 aromatic rings. The van der Waals surface area contributed by atoms with Gasteiger partial charge in [-0.05, 0) is 56.9 Å². The monoisotopic (exact) mass is 300 g/mol. The minimum atomic E-state index is -4.87. The van der Waals surface area contributed by atoms with Gasteiger partial charge >= 0.3 is 12.1 Å². The van der Waals surface area contributed by atoms with E-state index in [1.165, 1.54) is 12.5 Å². The molecule has 1 atom stereocenters. The summed E-state index contributed by atoms with van der Waals surface area (Å²) >= 11 is 0. The van der Waals surface area contributed by atoms with Crippen molar-refractivity contribution in [3.63, 3.8) is 0 Å². The van der Waals surface area contributed by atoms with E-state index in [1.54, 1.807) is 12.1 Å². The number of anilines is 2. The molecule has 0 aromatic heterocycles. The molecule has 0 aliphatic carbocycles. The number of piperidine rings is 1. The molecule has 0 saturated carbocycles. The minimum Gasteiger partial charge on any atom is -0.369 e. The molecule has 1 N–H and O–H groups in total. The molecule has 1 amide bonds. The van der Waals surface area contributed by atoms with E-state index in [-0.39, 0.29) is 5.69 Å². The summed E-state index contributed by atoms with van der Waals surface area (Å²) in [5, 5.41) is 1.88. The van der Waals surface area contributed by atoms with Gasteiger partial charge in [-0.3, -0.25) is 4.79 Å². The first-order chi connectivity index (χ1) is 9.79. The normalized spacial score (nSPS) is 19.5.